The number of aryl methyl sites for hydroxylation is 1. The third-order valence-corrected chi connectivity index (χ3v) is 6.20. The van der Waals surface area contributed by atoms with E-state index in [1.807, 2.05) is 25.1 Å². The fraction of sp³-hybridized carbons (Fsp3) is 0.545. The quantitative estimate of drug-likeness (QED) is 0.827. The highest BCUT2D eigenvalue weighted by atomic mass is 19.1. The molecule has 0 spiro atoms. The van der Waals surface area contributed by atoms with Gasteiger partial charge in [-0.2, -0.15) is 4.98 Å². The van der Waals surface area contributed by atoms with Crippen LogP contribution in [0.3, 0.4) is 0 Å². The first-order chi connectivity index (χ1) is 13.6. The van der Waals surface area contributed by atoms with E-state index in [2.05, 4.69) is 20.2 Å². The molecule has 2 aromatic rings. The highest BCUT2D eigenvalue weighted by molar-refractivity contribution is 5.43. The zero-order valence-corrected chi connectivity index (χ0v) is 16.6. The summed E-state index contributed by atoms with van der Waals surface area (Å²) < 4.78 is 13.2. The summed E-state index contributed by atoms with van der Waals surface area (Å²) in [4.78, 5) is 10.9. The number of nitrogens with one attached hydrogen (secondary N) is 1. The van der Waals surface area contributed by atoms with Gasteiger partial charge in [0.1, 0.15) is 11.6 Å². The molecule has 1 aromatic heterocycles. The van der Waals surface area contributed by atoms with Gasteiger partial charge in [-0.1, -0.05) is 18.6 Å². The molecule has 3 N–H and O–H groups in total. The maximum atomic E-state index is 13.2. The minimum atomic E-state index is -0.155. The van der Waals surface area contributed by atoms with Crippen LogP contribution in [0.4, 0.5) is 16.2 Å². The smallest absolute Gasteiger partial charge is 0.222 e. The van der Waals surface area contributed by atoms with E-state index in [9.17, 15) is 4.39 Å². The van der Waals surface area contributed by atoms with Crippen molar-refractivity contribution < 1.29 is 4.39 Å². The van der Waals surface area contributed by atoms with Gasteiger partial charge in [0.2, 0.25) is 5.95 Å². The largest absolute Gasteiger partial charge is 0.368 e. The van der Waals surface area contributed by atoms with Crippen LogP contribution in [0, 0.1) is 18.7 Å². The predicted octanol–water partition coefficient (Wildman–Crippen LogP) is 3.48. The lowest BCUT2D eigenvalue weighted by molar-refractivity contribution is 0.318. The van der Waals surface area contributed by atoms with Gasteiger partial charge in [0.05, 0.1) is 0 Å². The molecule has 4 rings (SSSR count). The number of hydrogen-bond acceptors (Lipinski definition) is 5. The van der Waals surface area contributed by atoms with Gasteiger partial charge in [0.15, 0.2) is 0 Å². The van der Waals surface area contributed by atoms with Gasteiger partial charge in [0, 0.05) is 36.9 Å². The molecule has 0 bridgehead atoms. The minimum absolute atomic E-state index is 0.155. The lowest BCUT2D eigenvalue weighted by Gasteiger charge is -2.36. The highest BCUT2D eigenvalue weighted by Crippen LogP contribution is 2.30. The van der Waals surface area contributed by atoms with Crippen LogP contribution < -0.4 is 16.0 Å². The molecular weight excluding hydrogens is 353 g/mol. The first kappa shape index (κ1) is 19.1. The van der Waals surface area contributed by atoms with Crippen molar-refractivity contribution in [3.05, 3.63) is 47.4 Å². The van der Waals surface area contributed by atoms with Gasteiger partial charge in [-0.3, -0.25) is 0 Å². The van der Waals surface area contributed by atoms with Crippen molar-refractivity contribution in [2.24, 2.45) is 5.92 Å². The maximum Gasteiger partial charge on any atom is 0.222 e. The molecule has 5 nitrogen and oxygen atoms in total. The lowest BCUT2D eigenvalue weighted by Crippen LogP contribution is -2.47. The Kier molecular flexibility index (Phi) is 5.76. The van der Waals surface area contributed by atoms with E-state index in [-0.39, 0.29) is 5.82 Å². The molecule has 2 aliphatic rings. The fourth-order valence-corrected chi connectivity index (χ4v) is 4.74. The van der Waals surface area contributed by atoms with Gasteiger partial charge < -0.3 is 16.0 Å². The van der Waals surface area contributed by atoms with Crippen LogP contribution in [-0.2, 0) is 6.42 Å². The van der Waals surface area contributed by atoms with Gasteiger partial charge in [-0.15, -0.1) is 0 Å². The van der Waals surface area contributed by atoms with Gasteiger partial charge in [0.25, 0.3) is 0 Å². The summed E-state index contributed by atoms with van der Waals surface area (Å²) in [6.07, 6.45) is 7.05. The molecule has 1 aromatic carbocycles. The van der Waals surface area contributed by atoms with E-state index in [0.29, 0.717) is 23.9 Å². The van der Waals surface area contributed by atoms with E-state index < -0.39 is 0 Å². The number of piperidine rings is 1. The van der Waals surface area contributed by atoms with Gasteiger partial charge in [-0.05, 0) is 62.6 Å². The van der Waals surface area contributed by atoms with Crippen molar-refractivity contribution in [1.29, 1.82) is 0 Å². The van der Waals surface area contributed by atoms with Crippen LogP contribution in [0.25, 0.3) is 0 Å². The minimum Gasteiger partial charge on any atom is -0.368 e. The van der Waals surface area contributed by atoms with Crippen molar-refractivity contribution in [1.82, 2.24) is 15.3 Å². The second kappa shape index (κ2) is 8.43. The van der Waals surface area contributed by atoms with Crippen molar-refractivity contribution in [3.63, 3.8) is 0 Å². The average molecular weight is 384 g/mol. The van der Waals surface area contributed by atoms with E-state index in [1.165, 1.54) is 24.8 Å². The first-order valence-electron chi connectivity index (χ1n) is 10.4. The van der Waals surface area contributed by atoms with Crippen LogP contribution in [0.15, 0.2) is 30.3 Å². The Morgan fingerprint density at radius 3 is 2.57 bits per heavy atom. The number of nitrogen functional groups attached to an aromatic ring is 1. The van der Waals surface area contributed by atoms with Gasteiger partial charge in [-0.25, -0.2) is 9.37 Å². The molecule has 6 heteroatoms. The summed E-state index contributed by atoms with van der Waals surface area (Å²) in [7, 11) is 0. The van der Waals surface area contributed by atoms with Gasteiger partial charge >= 0.3 is 0 Å². The molecule has 150 valence electrons. The predicted molar refractivity (Wildman–Crippen MR) is 111 cm³/mol. The zero-order chi connectivity index (χ0) is 19.5. The molecule has 0 unspecified atom stereocenters. The lowest BCUT2D eigenvalue weighted by atomic mass is 9.93. The molecule has 1 aliphatic heterocycles. The maximum absolute atomic E-state index is 13.2. The third kappa shape index (κ3) is 4.61. The molecule has 1 saturated carbocycles. The molecule has 2 atom stereocenters. The molecule has 2 heterocycles. The second-order valence-electron chi connectivity index (χ2n) is 8.28. The SMILES string of the molecule is Cc1cc(N2CCC(N[C@@H]3CCC[C@@H]3Cc3ccc(F)cc3)CC2)nc(N)n1. The van der Waals surface area contributed by atoms with Crippen molar-refractivity contribution in [3.8, 4) is 0 Å². The molecule has 2 fully saturated rings. The van der Waals surface area contributed by atoms with E-state index in [1.54, 1.807) is 12.1 Å². The summed E-state index contributed by atoms with van der Waals surface area (Å²) in [5, 5.41) is 3.94. The Morgan fingerprint density at radius 2 is 1.86 bits per heavy atom. The number of benzene rings is 1. The molecule has 28 heavy (non-hydrogen) atoms. The van der Waals surface area contributed by atoms with E-state index in [4.69, 9.17) is 5.73 Å². The summed E-state index contributed by atoms with van der Waals surface area (Å²) in [5.41, 5.74) is 7.96. The topological polar surface area (TPSA) is 67.1 Å². The Labute approximate surface area is 166 Å². The normalized spacial score (nSPS) is 23.3. The number of anilines is 2. The Morgan fingerprint density at radius 1 is 1.11 bits per heavy atom. The summed E-state index contributed by atoms with van der Waals surface area (Å²) >= 11 is 0. The second-order valence-corrected chi connectivity index (χ2v) is 8.28. The van der Waals surface area contributed by atoms with Crippen LogP contribution in [-0.4, -0.2) is 35.1 Å². The molecule has 1 aliphatic carbocycles. The van der Waals surface area contributed by atoms with Crippen molar-refractivity contribution in [2.75, 3.05) is 23.7 Å². The van der Waals surface area contributed by atoms with Crippen molar-refractivity contribution >= 4 is 11.8 Å². The molecule has 0 radical (unpaired) electrons. The monoisotopic (exact) mass is 383 g/mol. The Hall–Kier alpha value is -2.21. The van der Waals surface area contributed by atoms with Crippen LogP contribution in [0.2, 0.25) is 0 Å². The molecular formula is C22H30FN5. The van der Waals surface area contributed by atoms with Crippen LogP contribution in [0.5, 0.6) is 0 Å². The Bertz CT molecular complexity index is 766. The third-order valence-electron chi connectivity index (χ3n) is 6.20. The summed E-state index contributed by atoms with van der Waals surface area (Å²) in [6, 6.07) is 10.1. The standard InChI is InChI=1S/C22H30FN5/c1-15-13-21(27-22(24)25-15)28-11-9-19(10-12-28)26-20-4-2-3-17(20)14-16-5-7-18(23)8-6-16/h5-8,13,17,19-20,26H,2-4,9-12,14H2,1H3,(H2,24,25,27)/t17-,20-/m1/s1. The molecule has 0 amide bonds. The van der Waals surface area contributed by atoms with E-state index >= 15 is 0 Å². The number of aromatic nitrogens is 2. The molecule has 1 saturated heterocycles. The van der Waals surface area contributed by atoms with Crippen LogP contribution in [0.1, 0.15) is 43.4 Å². The number of halogens is 1. The summed E-state index contributed by atoms with van der Waals surface area (Å²) in [5.74, 6) is 1.79. The average Bonchev–Trinajstić information content (AvgIpc) is 3.10. The number of nitrogens with two attached hydrogens (primary N) is 1. The first-order valence-corrected chi connectivity index (χ1v) is 10.4. The Balaban J connectivity index is 1.30. The zero-order valence-electron chi connectivity index (χ0n) is 16.6. The fourth-order valence-electron chi connectivity index (χ4n) is 4.74. The highest BCUT2D eigenvalue weighted by Gasteiger charge is 2.30. The summed E-state index contributed by atoms with van der Waals surface area (Å²) in [6.45, 7) is 3.93. The number of rotatable bonds is 5. The van der Waals surface area contributed by atoms with Crippen molar-refractivity contribution in [2.45, 2.75) is 57.5 Å². The number of nitrogens with zero attached hydrogens (tertiary/aromatic N) is 3. The van der Waals surface area contributed by atoms with E-state index in [0.717, 1.165) is 43.9 Å². The van der Waals surface area contributed by atoms with Crippen LogP contribution >= 0.6 is 0 Å². The number of hydrogen-bond donors (Lipinski definition) is 2.